The molecule has 2 nitrogen and oxygen atoms in total. The lowest BCUT2D eigenvalue weighted by molar-refractivity contribution is -0.0356. The quantitative estimate of drug-likeness (QED) is 0.817. The molecule has 0 aromatic rings. The zero-order chi connectivity index (χ0) is 13.3. The van der Waals surface area contributed by atoms with E-state index < -0.39 is 0 Å². The molecule has 106 valence electrons. The maximum atomic E-state index is 6.26. The van der Waals surface area contributed by atoms with Crippen LogP contribution in [-0.2, 0) is 0 Å². The van der Waals surface area contributed by atoms with Gasteiger partial charge in [-0.05, 0) is 56.8 Å². The van der Waals surface area contributed by atoms with Crippen molar-refractivity contribution in [1.29, 1.82) is 0 Å². The maximum absolute atomic E-state index is 6.26. The first-order valence-corrected chi connectivity index (χ1v) is 7.93. The summed E-state index contributed by atoms with van der Waals surface area (Å²) >= 11 is 0. The third-order valence-corrected chi connectivity index (χ3v) is 5.37. The number of hydrogen-bond donors (Lipinski definition) is 1. The molecule has 2 fully saturated rings. The molecule has 2 N–H and O–H groups in total. The summed E-state index contributed by atoms with van der Waals surface area (Å²) in [5, 5.41) is 0. The minimum Gasteiger partial charge on any atom is -0.329 e. The van der Waals surface area contributed by atoms with Crippen molar-refractivity contribution >= 4 is 0 Å². The second-order valence-corrected chi connectivity index (χ2v) is 7.47. The standard InChI is InChI=1S/C16H32N2/c1-12-5-6-15(4)18(10-12)16(11-17)8-13(2)7-14(3)9-16/h12-15H,5-11,17H2,1-4H3. The van der Waals surface area contributed by atoms with Crippen molar-refractivity contribution in [3.05, 3.63) is 0 Å². The second-order valence-electron chi connectivity index (χ2n) is 7.47. The first kappa shape index (κ1) is 14.3. The molecule has 1 aliphatic carbocycles. The number of likely N-dealkylation sites (tertiary alicyclic amines) is 1. The van der Waals surface area contributed by atoms with E-state index >= 15 is 0 Å². The Hall–Kier alpha value is -0.0800. The van der Waals surface area contributed by atoms with Crippen molar-refractivity contribution in [2.45, 2.75) is 71.4 Å². The van der Waals surface area contributed by atoms with E-state index in [1.165, 1.54) is 38.6 Å². The van der Waals surface area contributed by atoms with Crippen LogP contribution in [-0.4, -0.2) is 29.6 Å². The Kier molecular flexibility index (Phi) is 4.38. The second kappa shape index (κ2) is 5.50. The zero-order valence-electron chi connectivity index (χ0n) is 12.8. The highest BCUT2D eigenvalue weighted by Crippen LogP contribution is 2.42. The van der Waals surface area contributed by atoms with Crippen LogP contribution in [0.25, 0.3) is 0 Å². The van der Waals surface area contributed by atoms with Gasteiger partial charge in [0.25, 0.3) is 0 Å². The number of piperidine rings is 1. The lowest BCUT2D eigenvalue weighted by atomic mass is 9.69. The van der Waals surface area contributed by atoms with Crippen LogP contribution in [0.2, 0.25) is 0 Å². The minimum absolute atomic E-state index is 0.297. The predicted molar refractivity (Wildman–Crippen MR) is 78.5 cm³/mol. The summed E-state index contributed by atoms with van der Waals surface area (Å²) in [6.07, 6.45) is 6.75. The van der Waals surface area contributed by atoms with Gasteiger partial charge in [-0.2, -0.15) is 0 Å². The molecule has 0 aromatic heterocycles. The monoisotopic (exact) mass is 252 g/mol. The van der Waals surface area contributed by atoms with Crippen LogP contribution in [0, 0.1) is 17.8 Å². The van der Waals surface area contributed by atoms with Gasteiger partial charge in [-0.25, -0.2) is 0 Å². The van der Waals surface area contributed by atoms with Gasteiger partial charge in [-0.1, -0.05) is 20.8 Å². The summed E-state index contributed by atoms with van der Waals surface area (Å²) in [4.78, 5) is 2.79. The van der Waals surface area contributed by atoms with Gasteiger partial charge in [0.1, 0.15) is 0 Å². The molecule has 2 rings (SSSR count). The Morgan fingerprint density at radius 1 is 1.00 bits per heavy atom. The largest absolute Gasteiger partial charge is 0.329 e. The van der Waals surface area contributed by atoms with E-state index in [9.17, 15) is 0 Å². The predicted octanol–water partition coefficient (Wildman–Crippen LogP) is 3.26. The van der Waals surface area contributed by atoms with Crippen molar-refractivity contribution < 1.29 is 0 Å². The van der Waals surface area contributed by atoms with Crippen LogP contribution < -0.4 is 5.73 Å². The Bertz CT molecular complexity index is 266. The van der Waals surface area contributed by atoms with Crippen molar-refractivity contribution in [3.63, 3.8) is 0 Å². The summed E-state index contributed by atoms with van der Waals surface area (Å²) in [5.74, 6) is 2.51. The van der Waals surface area contributed by atoms with Gasteiger partial charge >= 0.3 is 0 Å². The molecule has 0 radical (unpaired) electrons. The molecule has 2 heteroatoms. The van der Waals surface area contributed by atoms with Crippen molar-refractivity contribution in [2.24, 2.45) is 23.5 Å². The van der Waals surface area contributed by atoms with E-state index in [0.29, 0.717) is 5.54 Å². The molecule has 1 heterocycles. The molecule has 1 aliphatic heterocycles. The highest BCUT2D eigenvalue weighted by molar-refractivity contribution is 5.00. The van der Waals surface area contributed by atoms with Crippen LogP contribution in [0.4, 0.5) is 0 Å². The highest BCUT2D eigenvalue weighted by atomic mass is 15.2. The molecular formula is C16H32N2. The third-order valence-electron chi connectivity index (χ3n) is 5.37. The van der Waals surface area contributed by atoms with E-state index in [-0.39, 0.29) is 0 Å². The van der Waals surface area contributed by atoms with Gasteiger partial charge in [-0.15, -0.1) is 0 Å². The molecule has 0 amide bonds. The average molecular weight is 252 g/mol. The first-order valence-electron chi connectivity index (χ1n) is 7.93. The number of nitrogens with zero attached hydrogens (tertiary/aromatic N) is 1. The van der Waals surface area contributed by atoms with Gasteiger partial charge in [0.05, 0.1) is 0 Å². The van der Waals surface area contributed by atoms with Gasteiger partial charge in [0.15, 0.2) is 0 Å². The lowest BCUT2D eigenvalue weighted by Crippen LogP contribution is -2.62. The minimum atomic E-state index is 0.297. The van der Waals surface area contributed by atoms with Crippen LogP contribution in [0.3, 0.4) is 0 Å². The Morgan fingerprint density at radius 2 is 1.61 bits per heavy atom. The molecule has 0 bridgehead atoms. The summed E-state index contributed by atoms with van der Waals surface area (Å²) in [5.41, 5.74) is 6.56. The fraction of sp³-hybridized carbons (Fsp3) is 1.00. The van der Waals surface area contributed by atoms with Crippen LogP contribution >= 0.6 is 0 Å². The molecule has 0 spiro atoms. The van der Waals surface area contributed by atoms with Crippen molar-refractivity contribution in [2.75, 3.05) is 13.1 Å². The molecule has 0 aromatic carbocycles. The highest BCUT2D eigenvalue weighted by Gasteiger charge is 2.44. The summed E-state index contributed by atoms with van der Waals surface area (Å²) < 4.78 is 0. The van der Waals surface area contributed by atoms with Crippen LogP contribution in [0.1, 0.15) is 59.8 Å². The number of rotatable bonds is 2. The molecule has 4 atom stereocenters. The number of nitrogens with two attached hydrogens (primary N) is 1. The van der Waals surface area contributed by atoms with Gasteiger partial charge < -0.3 is 5.73 Å². The average Bonchev–Trinajstić information content (AvgIpc) is 2.31. The lowest BCUT2D eigenvalue weighted by Gasteiger charge is -2.54. The van der Waals surface area contributed by atoms with Crippen molar-refractivity contribution in [3.8, 4) is 0 Å². The van der Waals surface area contributed by atoms with Gasteiger partial charge in [0, 0.05) is 24.7 Å². The normalized spacial score (nSPS) is 47.2. The Labute approximate surface area is 113 Å². The fourth-order valence-electron chi connectivity index (χ4n) is 4.70. The summed E-state index contributed by atoms with van der Waals surface area (Å²) in [6.45, 7) is 11.7. The molecular weight excluding hydrogens is 220 g/mol. The van der Waals surface area contributed by atoms with Crippen molar-refractivity contribution in [1.82, 2.24) is 4.90 Å². The third kappa shape index (κ3) is 2.75. The summed E-state index contributed by atoms with van der Waals surface area (Å²) in [7, 11) is 0. The summed E-state index contributed by atoms with van der Waals surface area (Å²) in [6, 6.07) is 0.724. The topological polar surface area (TPSA) is 29.3 Å². The smallest absolute Gasteiger partial charge is 0.0339 e. The molecule has 1 saturated carbocycles. The van der Waals surface area contributed by atoms with Gasteiger partial charge in [0.2, 0.25) is 0 Å². The van der Waals surface area contributed by atoms with E-state index in [2.05, 4.69) is 32.6 Å². The first-order chi connectivity index (χ1) is 8.47. The zero-order valence-corrected chi connectivity index (χ0v) is 12.8. The SMILES string of the molecule is CC1CCC(C)N(C2(CN)CC(C)CC(C)C2)C1. The van der Waals surface area contributed by atoms with E-state index in [1.807, 2.05) is 0 Å². The molecule has 1 saturated heterocycles. The van der Waals surface area contributed by atoms with E-state index in [0.717, 1.165) is 30.3 Å². The van der Waals surface area contributed by atoms with Gasteiger partial charge in [-0.3, -0.25) is 4.90 Å². The maximum Gasteiger partial charge on any atom is 0.0339 e. The van der Waals surface area contributed by atoms with E-state index in [4.69, 9.17) is 5.73 Å². The van der Waals surface area contributed by atoms with E-state index in [1.54, 1.807) is 0 Å². The Morgan fingerprint density at radius 3 is 2.17 bits per heavy atom. The van der Waals surface area contributed by atoms with Crippen LogP contribution in [0.15, 0.2) is 0 Å². The molecule has 4 unspecified atom stereocenters. The fourth-order valence-corrected chi connectivity index (χ4v) is 4.70. The van der Waals surface area contributed by atoms with Crippen LogP contribution in [0.5, 0.6) is 0 Å². The Balaban J connectivity index is 2.19. The molecule has 18 heavy (non-hydrogen) atoms. The molecule has 2 aliphatic rings. The number of hydrogen-bond acceptors (Lipinski definition) is 2.